The Kier molecular flexibility index (Phi) is 3.22. The van der Waals surface area contributed by atoms with E-state index in [1.165, 1.54) is 6.92 Å². The molecular formula is C16H14F2N2O. The number of halogens is 2. The molecular weight excluding hydrogens is 274 g/mol. The van der Waals surface area contributed by atoms with Gasteiger partial charge in [-0.1, -0.05) is 0 Å². The van der Waals surface area contributed by atoms with E-state index >= 15 is 0 Å². The lowest BCUT2D eigenvalue weighted by atomic mass is 10.0. The van der Waals surface area contributed by atoms with Gasteiger partial charge in [-0.05, 0) is 43.7 Å². The number of hydrogen-bond acceptors (Lipinski definition) is 3. The van der Waals surface area contributed by atoms with Crippen LogP contribution in [0.25, 0.3) is 11.1 Å². The summed E-state index contributed by atoms with van der Waals surface area (Å²) in [7, 11) is 0. The molecule has 0 saturated heterocycles. The number of aromatic nitrogens is 1. The van der Waals surface area contributed by atoms with Gasteiger partial charge in [0.25, 0.3) is 0 Å². The minimum absolute atomic E-state index is 0.0638. The van der Waals surface area contributed by atoms with E-state index in [2.05, 4.69) is 4.98 Å². The molecule has 2 aromatic heterocycles. The van der Waals surface area contributed by atoms with E-state index in [-0.39, 0.29) is 11.1 Å². The van der Waals surface area contributed by atoms with E-state index in [4.69, 9.17) is 10.2 Å². The summed E-state index contributed by atoms with van der Waals surface area (Å²) in [6, 6.07) is 6.61. The molecule has 1 atom stereocenters. The Morgan fingerprint density at radius 2 is 1.86 bits per heavy atom. The fourth-order valence-electron chi connectivity index (χ4n) is 2.25. The molecule has 0 radical (unpaired) electrons. The number of pyridine rings is 1. The monoisotopic (exact) mass is 288 g/mol. The van der Waals surface area contributed by atoms with Gasteiger partial charge < -0.3 is 10.2 Å². The van der Waals surface area contributed by atoms with Crippen LogP contribution in [-0.2, 0) is 0 Å². The van der Waals surface area contributed by atoms with Gasteiger partial charge in [0.2, 0.25) is 0 Å². The van der Waals surface area contributed by atoms with Crippen LogP contribution in [0.4, 0.5) is 8.78 Å². The largest absolute Gasteiger partial charge is 0.457 e. The third-order valence-electron chi connectivity index (χ3n) is 3.45. The number of hydrogen-bond donors (Lipinski definition) is 1. The van der Waals surface area contributed by atoms with E-state index in [9.17, 15) is 8.78 Å². The molecule has 0 aliphatic carbocycles. The zero-order valence-electron chi connectivity index (χ0n) is 11.7. The molecule has 3 nitrogen and oxygen atoms in total. The third kappa shape index (κ3) is 2.40. The minimum atomic E-state index is -0.880. The topological polar surface area (TPSA) is 52.0 Å². The highest BCUT2D eigenvalue weighted by molar-refractivity contribution is 5.73. The molecule has 0 spiro atoms. The number of furan rings is 1. The summed E-state index contributed by atoms with van der Waals surface area (Å²) >= 11 is 0. The van der Waals surface area contributed by atoms with Gasteiger partial charge in [0.1, 0.15) is 22.9 Å². The second-order valence-electron chi connectivity index (χ2n) is 5.09. The van der Waals surface area contributed by atoms with Gasteiger partial charge in [-0.25, -0.2) is 13.8 Å². The van der Waals surface area contributed by atoms with Crippen molar-refractivity contribution >= 4 is 11.1 Å². The van der Waals surface area contributed by atoms with Crippen LogP contribution in [0.3, 0.4) is 0 Å². The van der Waals surface area contributed by atoms with Crippen LogP contribution in [-0.4, -0.2) is 4.98 Å². The molecule has 21 heavy (non-hydrogen) atoms. The number of benzene rings is 1. The summed E-state index contributed by atoms with van der Waals surface area (Å²) in [6.07, 6.45) is 0. The lowest BCUT2D eigenvalue weighted by Gasteiger charge is -2.11. The maximum Gasteiger partial charge on any atom is 0.152 e. The molecule has 0 fully saturated rings. The third-order valence-corrected chi connectivity index (χ3v) is 3.45. The standard InChI is InChI=1S/C16H14F2N2O/c1-8-5-12(18)10(6-11(8)17)16(19)15-7-13-14(21-15)4-3-9(2)20-13/h3-7,16H,19H2,1-2H3. The smallest absolute Gasteiger partial charge is 0.152 e. The molecule has 3 rings (SSSR count). The summed E-state index contributed by atoms with van der Waals surface area (Å²) in [5.41, 5.74) is 8.37. The molecule has 108 valence electrons. The maximum atomic E-state index is 14.0. The molecule has 3 aromatic rings. The van der Waals surface area contributed by atoms with Crippen molar-refractivity contribution in [2.75, 3.05) is 0 Å². The van der Waals surface area contributed by atoms with E-state index in [1.807, 2.05) is 13.0 Å². The predicted octanol–water partition coefficient (Wildman–Crippen LogP) is 3.77. The van der Waals surface area contributed by atoms with Crippen molar-refractivity contribution in [1.82, 2.24) is 4.98 Å². The van der Waals surface area contributed by atoms with Gasteiger partial charge in [0.05, 0.1) is 6.04 Å². The Hall–Kier alpha value is -2.27. The number of aryl methyl sites for hydroxylation is 2. The highest BCUT2D eigenvalue weighted by Crippen LogP contribution is 2.28. The fraction of sp³-hybridized carbons (Fsp3) is 0.188. The molecule has 1 unspecified atom stereocenters. The van der Waals surface area contributed by atoms with Crippen LogP contribution in [0.2, 0.25) is 0 Å². The molecule has 0 bridgehead atoms. The van der Waals surface area contributed by atoms with Gasteiger partial charge in [0.15, 0.2) is 5.58 Å². The van der Waals surface area contributed by atoms with Crippen LogP contribution in [0.5, 0.6) is 0 Å². The molecule has 2 N–H and O–H groups in total. The van der Waals surface area contributed by atoms with Crippen molar-refractivity contribution in [3.8, 4) is 0 Å². The van der Waals surface area contributed by atoms with Crippen molar-refractivity contribution in [3.63, 3.8) is 0 Å². The normalized spacial score (nSPS) is 12.8. The van der Waals surface area contributed by atoms with Gasteiger partial charge in [-0.15, -0.1) is 0 Å². The number of nitrogens with two attached hydrogens (primary N) is 1. The quantitative estimate of drug-likeness (QED) is 0.781. The second kappa shape index (κ2) is 4.93. The second-order valence-corrected chi connectivity index (χ2v) is 5.09. The van der Waals surface area contributed by atoms with Gasteiger partial charge >= 0.3 is 0 Å². The van der Waals surface area contributed by atoms with E-state index in [0.29, 0.717) is 16.9 Å². The minimum Gasteiger partial charge on any atom is -0.457 e. The summed E-state index contributed by atoms with van der Waals surface area (Å²) in [6.45, 7) is 3.36. The van der Waals surface area contributed by atoms with Crippen molar-refractivity contribution in [2.45, 2.75) is 19.9 Å². The highest BCUT2D eigenvalue weighted by Gasteiger charge is 2.20. The molecule has 0 aliphatic heterocycles. The first kappa shape index (κ1) is 13.7. The summed E-state index contributed by atoms with van der Waals surface area (Å²) in [5.74, 6) is -0.692. The zero-order chi connectivity index (χ0) is 15.1. The fourth-order valence-corrected chi connectivity index (χ4v) is 2.25. The van der Waals surface area contributed by atoms with Crippen LogP contribution in [0, 0.1) is 25.5 Å². The average Bonchev–Trinajstić information content (AvgIpc) is 2.85. The van der Waals surface area contributed by atoms with Gasteiger partial charge in [0, 0.05) is 17.3 Å². The molecule has 2 heterocycles. The first-order valence-electron chi connectivity index (χ1n) is 6.54. The van der Waals surface area contributed by atoms with Crippen LogP contribution in [0.1, 0.15) is 28.6 Å². The Bertz CT molecular complexity index is 827. The van der Waals surface area contributed by atoms with Crippen LogP contribution < -0.4 is 5.73 Å². The zero-order valence-corrected chi connectivity index (χ0v) is 11.7. The molecule has 0 saturated carbocycles. The lowest BCUT2D eigenvalue weighted by Crippen LogP contribution is -2.13. The number of rotatable bonds is 2. The van der Waals surface area contributed by atoms with Crippen molar-refractivity contribution in [1.29, 1.82) is 0 Å². The first-order valence-corrected chi connectivity index (χ1v) is 6.54. The summed E-state index contributed by atoms with van der Waals surface area (Å²) in [5, 5.41) is 0. The van der Waals surface area contributed by atoms with Crippen molar-refractivity contribution in [2.24, 2.45) is 5.73 Å². The SMILES string of the molecule is Cc1ccc2oc(C(N)c3cc(F)c(C)cc3F)cc2n1. The Morgan fingerprint density at radius 1 is 1.10 bits per heavy atom. The Morgan fingerprint density at radius 3 is 2.62 bits per heavy atom. The lowest BCUT2D eigenvalue weighted by molar-refractivity contribution is 0.505. The van der Waals surface area contributed by atoms with Crippen LogP contribution >= 0.6 is 0 Å². The van der Waals surface area contributed by atoms with Gasteiger partial charge in [-0.3, -0.25) is 0 Å². The number of nitrogens with zero attached hydrogens (tertiary/aromatic N) is 1. The van der Waals surface area contributed by atoms with E-state index < -0.39 is 17.7 Å². The number of fused-ring (bicyclic) bond motifs is 1. The predicted molar refractivity (Wildman–Crippen MR) is 75.9 cm³/mol. The summed E-state index contributed by atoms with van der Waals surface area (Å²) < 4.78 is 33.2. The van der Waals surface area contributed by atoms with Gasteiger partial charge in [-0.2, -0.15) is 0 Å². The van der Waals surface area contributed by atoms with Crippen molar-refractivity contribution in [3.05, 3.63) is 64.5 Å². The van der Waals surface area contributed by atoms with Crippen LogP contribution in [0.15, 0.2) is 34.7 Å². The first-order chi connectivity index (χ1) is 9.95. The molecule has 5 heteroatoms. The summed E-state index contributed by atoms with van der Waals surface area (Å²) in [4.78, 5) is 4.31. The maximum absolute atomic E-state index is 14.0. The molecule has 0 amide bonds. The molecule has 0 aliphatic rings. The highest BCUT2D eigenvalue weighted by atomic mass is 19.1. The average molecular weight is 288 g/mol. The Labute approximate surface area is 120 Å². The van der Waals surface area contributed by atoms with E-state index in [1.54, 1.807) is 12.1 Å². The van der Waals surface area contributed by atoms with Crippen molar-refractivity contribution < 1.29 is 13.2 Å². The van der Waals surface area contributed by atoms with E-state index in [0.717, 1.165) is 17.8 Å². The molecule has 1 aromatic carbocycles. The Balaban J connectivity index is 2.07.